The molecule has 0 aromatic carbocycles. The number of H-pyrrole nitrogens is 1. The average molecular weight is 285 g/mol. The number of piperidine rings is 1. The maximum atomic E-state index is 11.5. The molecule has 1 atom stereocenters. The summed E-state index contributed by atoms with van der Waals surface area (Å²) in [5, 5.41) is 3.65. The molecule has 1 unspecified atom stereocenters. The van der Waals surface area contributed by atoms with Gasteiger partial charge < -0.3 is 15.2 Å². The largest absolute Gasteiger partial charge is 0.355 e. The van der Waals surface area contributed by atoms with Crippen molar-refractivity contribution in [3.05, 3.63) is 21.7 Å². The number of aromatic nitrogens is 2. The molecular weight excluding hydrogens is 264 g/mol. The van der Waals surface area contributed by atoms with E-state index in [0.717, 1.165) is 39.0 Å². The van der Waals surface area contributed by atoms with Crippen molar-refractivity contribution in [3.8, 4) is 0 Å². The van der Waals surface area contributed by atoms with Crippen LogP contribution in [0.15, 0.2) is 11.1 Å². The van der Waals surface area contributed by atoms with Gasteiger partial charge in [-0.3, -0.25) is 4.79 Å². The molecule has 1 aromatic rings. The lowest BCUT2D eigenvalue weighted by Crippen LogP contribution is -2.40. The van der Waals surface area contributed by atoms with E-state index < -0.39 is 0 Å². The standard InChI is InChI=1S/C13H21ClN4O/c1-2-5-15-7-10-4-3-6-18(8-10)12-11(14)13(19)17-9-16-12/h9-10,15H,2-8H2,1H3,(H,16,17,19). The minimum absolute atomic E-state index is 0.199. The molecule has 0 amide bonds. The summed E-state index contributed by atoms with van der Waals surface area (Å²) in [7, 11) is 0. The van der Waals surface area contributed by atoms with Gasteiger partial charge in [-0.15, -0.1) is 0 Å². The molecule has 1 fully saturated rings. The van der Waals surface area contributed by atoms with E-state index in [2.05, 4.69) is 27.1 Å². The number of halogens is 1. The Balaban J connectivity index is 2.00. The Morgan fingerprint density at radius 3 is 3.26 bits per heavy atom. The Labute approximate surface area is 118 Å². The van der Waals surface area contributed by atoms with Gasteiger partial charge in [-0.05, 0) is 38.3 Å². The van der Waals surface area contributed by atoms with Gasteiger partial charge in [-0.2, -0.15) is 0 Å². The molecule has 106 valence electrons. The monoisotopic (exact) mass is 284 g/mol. The Hall–Kier alpha value is -1.07. The molecule has 0 spiro atoms. The van der Waals surface area contributed by atoms with Crippen molar-refractivity contribution in [2.45, 2.75) is 26.2 Å². The van der Waals surface area contributed by atoms with Crippen LogP contribution in [0, 0.1) is 5.92 Å². The molecule has 5 nitrogen and oxygen atoms in total. The molecule has 19 heavy (non-hydrogen) atoms. The van der Waals surface area contributed by atoms with Gasteiger partial charge in [0.25, 0.3) is 5.56 Å². The highest BCUT2D eigenvalue weighted by Crippen LogP contribution is 2.24. The second-order valence-electron chi connectivity index (χ2n) is 5.03. The van der Waals surface area contributed by atoms with Crippen molar-refractivity contribution in [1.29, 1.82) is 0 Å². The van der Waals surface area contributed by atoms with Crippen molar-refractivity contribution in [2.75, 3.05) is 31.1 Å². The number of aromatic amines is 1. The number of nitrogens with zero attached hydrogens (tertiary/aromatic N) is 2. The first-order valence-electron chi connectivity index (χ1n) is 6.91. The lowest BCUT2D eigenvalue weighted by atomic mass is 9.98. The lowest BCUT2D eigenvalue weighted by molar-refractivity contribution is 0.391. The Morgan fingerprint density at radius 1 is 1.63 bits per heavy atom. The fourth-order valence-electron chi connectivity index (χ4n) is 2.50. The molecule has 0 radical (unpaired) electrons. The summed E-state index contributed by atoms with van der Waals surface area (Å²) in [6.07, 6.45) is 4.90. The molecule has 2 heterocycles. The van der Waals surface area contributed by atoms with E-state index >= 15 is 0 Å². The van der Waals surface area contributed by atoms with Crippen LogP contribution in [-0.4, -0.2) is 36.1 Å². The first kappa shape index (κ1) is 14.3. The number of anilines is 1. The van der Waals surface area contributed by atoms with E-state index in [1.54, 1.807) is 0 Å². The number of nitrogens with one attached hydrogen (secondary N) is 2. The third kappa shape index (κ3) is 3.70. The number of hydrogen-bond acceptors (Lipinski definition) is 4. The van der Waals surface area contributed by atoms with Gasteiger partial charge in [-0.1, -0.05) is 18.5 Å². The van der Waals surface area contributed by atoms with Gasteiger partial charge in [0, 0.05) is 13.1 Å². The average Bonchev–Trinajstić information content (AvgIpc) is 2.43. The maximum Gasteiger partial charge on any atom is 0.271 e. The lowest BCUT2D eigenvalue weighted by Gasteiger charge is -2.33. The van der Waals surface area contributed by atoms with E-state index in [0.29, 0.717) is 11.7 Å². The van der Waals surface area contributed by atoms with Gasteiger partial charge in [0.05, 0.1) is 6.33 Å². The Morgan fingerprint density at radius 2 is 2.47 bits per heavy atom. The van der Waals surface area contributed by atoms with Crippen LogP contribution in [0.5, 0.6) is 0 Å². The minimum atomic E-state index is -0.266. The summed E-state index contributed by atoms with van der Waals surface area (Å²) < 4.78 is 0. The first-order valence-corrected chi connectivity index (χ1v) is 7.29. The van der Waals surface area contributed by atoms with Crippen LogP contribution in [-0.2, 0) is 0 Å². The van der Waals surface area contributed by atoms with E-state index in [9.17, 15) is 4.79 Å². The van der Waals surface area contributed by atoms with Crippen LogP contribution in [0.1, 0.15) is 26.2 Å². The molecule has 0 aliphatic carbocycles. The fourth-order valence-corrected chi connectivity index (χ4v) is 2.72. The normalized spacial score (nSPS) is 19.7. The number of hydrogen-bond donors (Lipinski definition) is 2. The van der Waals surface area contributed by atoms with Crippen LogP contribution in [0.25, 0.3) is 0 Å². The van der Waals surface area contributed by atoms with Crippen molar-refractivity contribution >= 4 is 17.4 Å². The van der Waals surface area contributed by atoms with Crippen molar-refractivity contribution in [3.63, 3.8) is 0 Å². The Kier molecular flexibility index (Phi) is 5.22. The van der Waals surface area contributed by atoms with Crippen molar-refractivity contribution in [1.82, 2.24) is 15.3 Å². The molecular formula is C13H21ClN4O. The van der Waals surface area contributed by atoms with E-state index in [1.165, 1.54) is 12.7 Å². The molecule has 1 aliphatic rings. The molecule has 2 rings (SSSR count). The Bertz CT molecular complexity index is 462. The SMILES string of the molecule is CCCNCC1CCCN(c2nc[nH]c(=O)c2Cl)C1. The van der Waals surface area contributed by atoms with Crippen molar-refractivity contribution < 1.29 is 0 Å². The summed E-state index contributed by atoms with van der Waals surface area (Å²) in [5.74, 6) is 1.21. The molecule has 0 bridgehead atoms. The van der Waals surface area contributed by atoms with E-state index in [1.807, 2.05) is 0 Å². The second-order valence-corrected chi connectivity index (χ2v) is 5.41. The highest BCUT2D eigenvalue weighted by atomic mass is 35.5. The highest BCUT2D eigenvalue weighted by Gasteiger charge is 2.22. The van der Waals surface area contributed by atoms with Crippen LogP contribution >= 0.6 is 11.6 Å². The summed E-state index contributed by atoms with van der Waals surface area (Å²) in [6.45, 7) is 6.07. The third-order valence-electron chi connectivity index (χ3n) is 3.46. The summed E-state index contributed by atoms with van der Waals surface area (Å²) in [4.78, 5) is 20.3. The van der Waals surface area contributed by atoms with Crippen LogP contribution in [0.2, 0.25) is 5.02 Å². The van der Waals surface area contributed by atoms with Gasteiger partial charge in [0.2, 0.25) is 0 Å². The fraction of sp³-hybridized carbons (Fsp3) is 0.692. The smallest absolute Gasteiger partial charge is 0.271 e. The molecule has 6 heteroatoms. The van der Waals surface area contributed by atoms with Crippen molar-refractivity contribution in [2.24, 2.45) is 5.92 Å². The highest BCUT2D eigenvalue weighted by molar-refractivity contribution is 6.32. The summed E-state index contributed by atoms with van der Waals surface area (Å²) in [5.41, 5.74) is -0.266. The van der Waals surface area contributed by atoms with Crippen LogP contribution in [0.3, 0.4) is 0 Å². The molecule has 0 saturated carbocycles. The van der Waals surface area contributed by atoms with Gasteiger partial charge in [-0.25, -0.2) is 4.98 Å². The molecule has 1 aliphatic heterocycles. The molecule has 2 N–H and O–H groups in total. The minimum Gasteiger partial charge on any atom is -0.355 e. The van der Waals surface area contributed by atoms with Crippen LogP contribution < -0.4 is 15.8 Å². The zero-order valence-corrected chi connectivity index (χ0v) is 12.0. The second kappa shape index (κ2) is 6.91. The van der Waals surface area contributed by atoms with Gasteiger partial charge in [0.1, 0.15) is 5.02 Å². The zero-order valence-electron chi connectivity index (χ0n) is 11.3. The van der Waals surface area contributed by atoms with Gasteiger partial charge >= 0.3 is 0 Å². The van der Waals surface area contributed by atoms with Gasteiger partial charge in [0.15, 0.2) is 5.82 Å². The predicted molar refractivity (Wildman–Crippen MR) is 78.0 cm³/mol. The summed E-state index contributed by atoms with van der Waals surface area (Å²) >= 11 is 6.04. The first-order chi connectivity index (χ1) is 9.22. The zero-order chi connectivity index (χ0) is 13.7. The van der Waals surface area contributed by atoms with E-state index in [4.69, 9.17) is 11.6 Å². The predicted octanol–water partition coefficient (Wildman–Crippen LogP) is 1.64. The molecule has 1 aromatic heterocycles. The maximum absolute atomic E-state index is 11.5. The van der Waals surface area contributed by atoms with Crippen LogP contribution in [0.4, 0.5) is 5.82 Å². The third-order valence-corrected chi connectivity index (χ3v) is 3.80. The molecule has 1 saturated heterocycles. The number of rotatable bonds is 5. The quantitative estimate of drug-likeness (QED) is 0.807. The topological polar surface area (TPSA) is 61.0 Å². The summed E-state index contributed by atoms with van der Waals surface area (Å²) in [6, 6.07) is 0. The van der Waals surface area contributed by atoms with E-state index in [-0.39, 0.29) is 10.6 Å².